The molecule has 1 fully saturated rings. The Balaban J connectivity index is 2.09. The third-order valence-corrected chi connectivity index (χ3v) is 2.53. The Kier molecular flexibility index (Phi) is 4.82. The van der Waals surface area contributed by atoms with Crippen LogP contribution in [-0.4, -0.2) is 38.8 Å². The minimum atomic E-state index is -4.53. The Morgan fingerprint density at radius 3 is 2.67 bits per heavy atom. The number of halogens is 3. The second kappa shape index (κ2) is 5.67. The summed E-state index contributed by atoms with van der Waals surface area (Å²) in [5, 5.41) is 3.01. The molecule has 1 N–H and O–H groups in total. The monoisotopic (exact) mass is 227 g/mol. The molecule has 1 rings (SSSR count). The minimum absolute atomic E-state index is 0.121. The van der Waals surface area contributed by atoms with Crippen molar-refractivity contribution in [2.24, 2.45) is 0 Å². The van der Waals surface area contributed by atoms with Gasteiger partial charge in [-0.05, 0) is 19.3 Å². The van der Waals surface area contributed by atoms with Crippen molar-refractivity contribution in [2.75, 3.05) is 20.3 Å². The smallest absolute Gasteiger partial charge is 0.380 e. The summed E-state index contributed by atoms with van der Waals surface area (Å²) in [6.07, 6.45) is -1.44. The second-order valence-electron chi connectivity index (χ2n) is 3.56. The molecule has 1 saturated carbocycles. The van der Waals surface area contributed by atoms with Crippen LogP contribution in [0.4, 0.5) is 13.2 Å². The van der Waals surface area contributed by atoms with E-state index in [1.54, 1.807) is 7.11 Å². The summed E-state index contributed by atoms with van der Waals surface area (Å²) in [4.78, 5) is 0. The van der Waals surface area contributed by atoms with Crippen molar-refractivity contribution >= 4 is 0 Å². The van der Waals surface area contributed by atoms with Crippen molar-refractivity contribution in [2.45, 2.75) is 37.8 Å². The van der Waals surface area contributed by atoms with Crippen molar-refractivity contribution in [1.29, 1.82) is 0 Å². The fraction of sp³-hybridized carbons (Fsp3) is 1.00. The molecule has 0 saturated heterocycles. The number of nitrogens with one attached hydrogen (secondary N) is 1. The first-order chi connectivity index (χ1) is 7.03. The molecular formula is C9H16F3NO2. The fourth-order valence-electron chi connectivity index (χ4n) is 1.85. The number of hydrogen-bond donors (Lipinski definition) is 1. The van der Waals surface area contributed by atoms with Crippen molar-refractivity contribution in [3.05, 3.63) is 0 Å². The summed E-state index contributed by atoms with van der Waals surface area (Å²) in [5.41, 5.74) is 0. The van der Waals surface area contributed by atoms with Crippen LogP contribution in [0.25, 0.3) is 0 Å². The van der Waals surface area contributed by atoms with Gasteiger partial charge < -0.3 is 10.1 Å². The fourth-order valence-corrected chi connectivity index (χ4v) is 1.85. The third-order valence-electron chi connectivity index (χ3n) is 2.53. The second-order valence-corrected chi connectivity index (χ2v) is 3.56. The topological polar surface area (TPSA) is 30.5 Å². The van der Waals surface area contributed by atoms with E-state index in [1.165, 1.54) is 0 Å². The SMILES string of the molecule is COC1CCCC1NCCOC(F)(F)F. The van der Waals surface area contributed by atoms with Crippen LogP contribution in [0.2, 0.25) is 0 Å². The van der Waals surface area contributed by atoms with Gasteiger partial charge in [0.05, 0.1) is 12.7 Å². The molecule has 0 aromatic carbocycles. The van der Waals surface area contributed by atoms with Crippen LogP contribution >= 0.6 is 0 Å². The van der Waals surface area contributed by atoms with Gasteiger partial charge in [-0.2, -0.15) is 0 Å². The molecule has 1 aliphatic carbocycles. The predicted molar refractivity (Wildman–Crippen MR) is 48.4 cm³/mol. The summed E-state index contributed by atoms with van der Waals surface area (Å²) < 4.78 is 43.7. The highest BCUT2D eigenvalue weighted by molar-refractivity contribution is 4.83. The van der Waals surface area contributed by atoms with Crippen molar-refractivity contribution in [3.8, 4) is 0 Å². The maximum Gasteiger partial charge on any atom is 0.522 e. The van der Waals surface area contributed by atoms with Gasteiger partial charge in [-0.15, -0.1) is 13.2 Å². The van der Waals surface area contributed by atoms with Gasteiger partial charge in [-0.3, -0.25) is 4.74 Å². The summed E-state index contributed by atoms with van der Waals surface area (Å²) in [7, 11) is 1.62. The maximum absolute atomic E-state index is 11.6. The number of rotatable bonds is 5. The van der Waals surface area contributed by atoms with Crippen molar-refractivity contribution < 1.29 is 22.6 Å². The molecule has 0 aromatic rings. The zero-order valence-electron chi connectivity index (χ0n) is 8.64. The Bertz CT molecular complexity index is 187. The van der Waals surface area contributed by atoms with Crippen LogP contribution in [0.15, 0.2) is 0 Å². The number of ether oxygens (including phenoxy) is 2. The Labute approximate surface area is 86.9 Å². The normalized spacial score (nSPS) is 27.2. The van der Waals surface area contributed by atoms with Crippen LogP contribution in [0.1, 0.15) is 19.3 Å². The van der Waals surface area contributed by atoms with E-state index in [2.05, 4.69) is 10.1 Å². The van der Waals surface area contributed by atoms with Crippen LogP contribution in [0, 0.1) is 0 Å². The highest BCUT2D eigenvalue weighted by atomic mass is 19.4. The zero-order chi connectivity index (χ0) is 11.3. The molecule has 0 spiro atoms. The van der Waals surface area contributed by atoms with E-state index in [1.807, 2.05) is 0 Å². The molecule has 0 aliphatic heterocycles. The van der Waals surface area contributed by atoms with Crippen LogP contribution in [0.3, 0.4) is 0 Å². The lowest BCUT2D eigenvalue weighted by molar-refractivity contribution is -0.323. The summed E-state index contributed by atoms with van der Waals surface area (Å²) in [5.74, 6) is 0. The lowest BCUT2D eigenvalue weighted by Gasteiger charge is -2.19. The first kappa shape index (κ1) is 12.7. The van der Waals surface area contributed by atoms with Gasteiger partial charge in [-0.1, -0.05) is 0 Å². The van der Waals surface area contributed by atoms with E-state index in [0.29, 0.717) is 0 Å². The standard InChI is InChI=1S/C9H16F3NO2/c1-14-8-4-2-3-7(8)13-5-6-15-9(10,11)12/h7-8,13H,2-6H2,1H3. The van der Waals surface area contributed by atoms with Gasteiger partial charge in [0.1, 0.15) is 0 Å². The summed E-state index contributed by atoms with van der Waals surface area (Å²) >= 11 is 0. The molecular weight excluding hydrogens is 211 g/mol. The molecule has 1 aliphatic rings. The molecule has 0 heterocycles. The highest BCUT2D eigenvalue weighted by Gasteiger charge is 2.30. The first-order valence-electron chi connectivity index (χ1n) is 5.00. The van der Waals surface area contributed by atoms with Gasteiger partial charge >= 0.3 is 6.36 Å². The molecule has 90 valence electrons. The van der Waals surface area contributed by atoms with E-state index in [4.69, 9.17) is 4.74 Å². The lowest BCUT2D eigenvalue weighted by Crippen LogP contribution is -2.39. The molecule has 6 heteroatoms. The van der Waals surface area contributed by atoms with E-state index >= 15 is 0 Å². The van der Waals surface area contributed by atoms with Crippen LogP contribution in [-0.2, 0) is 9.47 Å². The predicted octanol–water partition coefficient (Wildman–Crippen LogP) is 1.68. The van der Waals surface area contributed by atoms with Crippen LogP contribution < -0.4 is 5.32 Å². The van der Waals surface area contributed by atoms with Gasteiger partial charge in [0, 0.05) is 19.7 Å². The molecule has 0 aromatic heterocycles. The molecule has 0 amide bonds. The Hall–Kier alpha value is -0.330. The maximum atomic E-state index is 11.6. The summed E-state index contributed by atoms with van der Waals surface area (Å²) in [6.45, 7) is -0.152. The highest BCUT2D eigenvalue weighted by Crippen LogP contribution is 2.21. The molecule has 15 heavy (non-hydrogen) atoms. The van der Waals surface area contributed by atoms with Crippen molar-refractivity contribution in [1.82, 2.24) is 5.32 Å². The molecule has 2 atom stereocenters. The van der Waals surface area contributed by atoms with Gasteiger partial charge in [-0.25, -0.2) is 0 Å². The quantitative estimate of drug-likeness (QED) is 0.725. The van der Waals surface area contributed by atoms with E-state index in [9.17, 15) is 13.2 Å². The van der Waals surface area contributed by atoms with Gasteiger partial charge in [0.15, 0.2) is 0 Å². The molecule has 3 nitrogen and oxygen atoms in total. The van der Waals surface area contributed by atoms with E-state index in [-0.39, 0.29) is 25.3 Å². The molecule has 2 unspecified atom stereocenters. The van der Waals surface area contributed by atoms with E-state index in [0.717, 1.165) is 19.3 Å². The average Bonchev–Trinajstić information content (AvgIpc) is 2.58. The number of hydrogen-bond acceptors (Lipinski definition) is 3. The minimum Gasteiger partial charge on any atom is -0.380 e. The Morgan fingerprint density at radius 1 is 1.33 bits per heavy atom. The zero-order valence-corrected chi connectivity index (χ0v) is 8.64. The largest absolute Gasteiger partial charge is 0.522 e. The summed E-state index contributed by atoms with van der Waals surface area (Å²) in [6, 6.07) is 0.159. The average molecular weight is 227 g/mol. The first-order valence-corrected chi connectivity index (χ1v) is 5.00. The van der Waals surface area contributed by atoms with Gasteiger partial charge in [0.25, 0.3) is 0 Å². The van der Waals surface area contributed by atoms with Crippen molar-refractivity contribution in [3.63, 3.8) is 0 Å². The third kappa shape index (κ3) is 4.81. The van der Waals surface area contributed by atoms with Crippen LogP contribution in [0.5, 0.6) is 0 Å². The van der Waals surface area contributed by atoms with E-state index < -0.39 is 6.36 Å². The number of alkyl halides is 3. The Morgan fingerprint density at radius 2 is 2.07 bits per heavy atom. The lowest BCUT2D eigenvalue weighted by atomic mass is 10.2. The molecule has 0 bridgehead atoms. The molecule has 0 radical (unpaired) electrons. The van der Waals surface area contributed by atoms with Gasteiger partial charge in [0.2, 0.25) is 0 Å². The number of methoxy groups -OCH3 is 1.